The van der Waals surface area contributed by atoms with Crippen molar-refractivity contribution in [3.63, 3.8) is 0 Å². The van der Waals surface area contributed by atoms with Crippen LogP contribution in [0.1, 0.15) is 18.9 Å². The number of aliphatic hydroxyl groups is 2. The van der Waals surface area contributed by atoms with Crippen molar-refractivity contribution >= 4 is 22.4 Å². The average Bonchev–Trinajstić information content (AvgIpc) is 2.79. The van der Waals surface area contributed by atoms with E-state index in [2.05, 4.69) is 4.90 Å². The predicted molar refractivity (Wildman–Crippen MR) is 115 cm³/mol. The highest BCUT2D eigenvalue weighted by molar-refractivity contribution is 5.97. The molecule has 2 aromatic rings. The summed E-state index contributed by atoms with van der Waals surface area (Å²) in [6.07, 6.45) is 4.03. The second-order valence-electron chi connectivity index (χ2n) is 7.62. The SMILES string of the molecule is CCC(=O)OCC1=CC=C[C@](O)(c2ccc(N3CCOCC3)c3ccccc23)[C@@H]1O. The summed E-state index contributed by atoms with van der Waals surface area (Å²) in [7, 11) is 0. The van der Waals surface area contributed by atoms with E-state index in [0.717, 1.165) is 29.5 Å². The van der Waals surface area contributed by atoms with Crippen molar-refractivity contribution in [1.29, 1.82) is 0 Å². The highest BCUT2D eigenvalue weighted by atomic mass is 16.5. The molecular formula is C24H27NO5. The van der Waals surface area contributed by atoms with Crippen LogP contribution in [0.15, 0.2) is 60.2 Å². The van der Waals surface area contributed by atoms with Gasteiger partial charge in [0.15, 0.2) is 0 Å². The number of carbonyl (C=O) groups excluding carboxylic acids is 1. The number of morpholine rings is 1. The molecule has 2 N–H and O–H groups in total. The van der Waals surface area contributed by atoms with E-state index in [1.807, 2.05) is 36.4 Å². The van der Waals surface area contributed by atoms with E-state index in [4.69, 9.17) is 9.47 Å². The third-order valence-electron chi connectivity index (χ3n) is 5.80. The molecule has 30 heavy (non-hydrogen) atoms. The fraction of sp³-hybridized carbons (Fsp3) is 0.375. The van der Waals surface area contributed by atoms with Crippen molar-refractivity contribution in [2.45, 2.75) is 25.0 Å². The summed E-state index contributed by atoms with van der Waals surface area (Å²) in [6.45, 7) is 4.66. The summed E-state index contributed by atoms with van der Waals surface area (Å²) in [4.78, 5) is 13.8. The van der Waals surface area contributed by atoms with Crippen LogP contribution in [0.2, 0.25) is 0 Å². The molecule has 1 aliphatic heterocycles. The van der Waals surface area contributed by atoms with Crippen LogP contribution in [-0.2, 0) is 19.9 Å². The molecule has 1 aliphatic carbocycles. The fourth-order valence-electron chi connectivity index (χ4n) is 4.13. The molecule has 4 rings (SSSR count). The van der Waals surface area contributed by atoms with Gasteiger partial charge in [0.05, 0.1) is 13.2 Å². The van der Waals surface area contributed by atoms with Crippen LogP contribution in [0, 0.1) is 0 Å². The second-order valence-corrected chi connectivity index (χ2v) is 7.62. The number of allylic oxidation sites excluding steroid dienone is 2. The number of esters is 1. The molecule has 0 saturated carbocycles. The van der Waals surface area contributed by atoms with E-state index >= 15 is 0 Å². The van der Waals surface area contributed by atoms with Gasteiger partial charge in [-0.2, -0.15) is 0 Å². The Kier molecular flexibility index (Phi) is 5.90. The molecule has 2 aliphatic rings. The standard InChI is InChI=1S/C24H27NO5/c1-2-22(26)30-16-17-6-5-11-24(28,23(17)27)20-9-10-21(25-12-14-29-15-13-25)19-8-4-3-7-18(19)20/h3-11,23,27-28H,2,12-16H2,1H3/t23-,24+/m1/s1. The van der Waals surface area contributed by atoms with Crippen LogP contribution >= 0.6 is 0 Å². The van der Waals surface area contributed by atoms with E-state index in [1.54, 1.807) is 25.2 Å². The van der Waals surface area contributed by atoms with Crippen LogP contribution < -0.4 is 4.90 Å². The van der Waals surface area contributed by atoms with Gasteiger partial charge in [-0.3, -0.25) is 4.79 Å². The van der Waals surface area contributed by atoms with E-state index in [-0.39, 0.29) is 19.0 Å². The zero-order valence-electron chi connectivity index (χ0n) is 17.1. The minimum Gasteiger partial charge on any atom is -0.461 e. The van der Waals surface area contributed by atoms with Crippen molar-refractivity contribution in [1.82, 2.24) is 0 Å². The first kappa shape index (κ1) is 20.6. The average molecular weight is 409 g/mol. The maximum Gasteiger partial charge on any atom is 0.305 e. The van der Waals surface area contributed by atoms with Gasteiger partial charge in [-0.1, -0.05) is 49.4 Å². The molecular weight excluding hydrogens is 382 g/mol. The molecule has 0 spiro atoms. The monoisotopic (exact) mass is 409 g/mol. The number of benzene rings is 2. The highest BCUT2D eigenvalue weighted by Gasteiger charge is 2.40. The molecule has 6 nitrogen and oxygen atoms in total. The lowest BCUT2D eigenvalue weighted by molar-refractivity contribution is -0.143. The number of aliphatic hydroxyl groups excluding tert-OH is 1. The van der Waals surface area contributed by atoms with Gasteiger partial charge >= 0.3 is 5.97 Å². The Morgan fingerprint density at radius 1 is 1.20 bits per heavy atom. The molecule has 2 atom stereocenters. The maximum absolute atomic E-state index is 11.6. The summed E-state index contributed by atoms with van der Waals surface area (Å²) in [5.41, 5.74) is 0.545. The van der Waals surface area contributed by atoms with Crippen LogP contribution in [0.4, 0.5) is 5.69 Å². The van der Waals surface area contributed by atoms with Gasteiger partial charge in [0.1, 0.15) is 18.3 Å². The van der Waals surface area contributed by atoms with Crippen molar-refractivity contribution in [3.8, 4) is 0 Å². The van der Waals surface area contributed by atoms with Gasteiger partial charge < -0.3 is 24.6 Å². The second kappa shape index (κ2) is 8.60. The minimum absolute atomic E-state index is 0.0513. The number of fused-ring (bicyclic) bond motifs is 1. The third-order valence-corrected chi connectivity index (χ3v) is 5.80. The molecule has 1 saturated heterocycles. The summed E-state index contributed by atoms with van der Waals surface area (Å²) >= 11 is 0. The Bertz CT molecular complexity index is 992. The zero-order chi connectivity index (χ0) is 21.1. The summed E-state index contributed by atoms with van der Waals surface area (Å²) in [5, 5.41) is 24.5. The molecule has 0 aromatic heterocycles. The Balaban J connectivity index is 1.71. The molecule has 2 aromatic carbocycles. The summed E-state index contributed by atoms with van der Waals surface area (Å²) < 4.78 is 10.7. The number of ether oxygens (including phenoxy) is 2. The van der Waals surface area contributed by atoms with E-state index in [0.29, 0.717) is 24.4 Å². The van der Waals surface area contributed by atoms with Gasteiger partial charge in [0.25, 0.3) is 0 Å². The predicted octanol–water partition coefficient (Wildman–Crippen LogP) is 2.67. The van der Waals surface area contributed by atoms with Gasteiger partial charge in [-0.25, -0.2) is 0 Å². The van der Waals surface area contributed by atoms with Gasteiger partial charge in [-0.05, 0) is 28.7 Å². The van der Waals surface area contributed by atoms with Crippen molar-refractivity contribution < 1.29 is 24.5 Å². The zero-order valence-corrected chi connectivity index (χ0v) is 17.1. The number of anilines is 1. The normalized spacial score (nSPS) is 24.0. The number of carbonyl (C=O) groups is 1. The van der Waals surface area contributed by atoms with E-state index in [1.165, 1.54) is 0 Å². The molecule has 1 heterocycles. The third kappa shape index (κ3) is 3.74. The first-order valence-corrected chi connectivity index (χ1v) is 10.3. The smallest absolute Gasteiger partial charge is 0.305 e. The lowest BCUT2D eigenvalue weighted by atomic mass is 9.79. The lowest BCUT2D eigenvalue weighted by Crippen LogP contribution is -2.42. The Morgan fingerprint density at radius 2 is 1.93 bits per heavy atom. The summed E-state index contributed by atoms with van der Waals surface area (Å²) in [5.74, 6) is -0.346. The highest BCUT2D eigenvalue weighted by Crippen LogP contribution is 2.40. The first-order valence-electron chi connectivity index (χ1n) is 10.3. The van der Waals surface area contributed by atoms with Crippen LogP contribution in [0.5, 0.6) is 0 Å². The van der Waals surface area contributed by atoms with Crippen LogP contribution in [-0.4, -0.2) is 55.2 Å². The largest absolute Gasteiger partial charge is 0.461 e. The number of nitrogens with zero attached hydrogens (tertiary/aromatic N) is 1. The number of rotatable bonds is 5. The fourth-order valence-corrected chi connectivity index (χ4v) is 4.13. The number of hydrogen-bond donors (Lipinski definition) is 2. The van der Waals surface area contributed by atoms with Crippen molar-refractivity contribution in [3.05, 3.63) is 65.8 Å². The van der Waals surface area contributed by atoms with Gasteiger partial charge in [0.2, 0.25) is 0 Å². The molecule has 1 fully saturated rings. The molecule has 6 heteroatoms. The lowest BCUT2D eigenvalue weighted by Gasteiger charge is -2.36. The topological polar surface area (TPSA) is 79.2 Å². The first-order chi connectivity index (χ1) is 14.5. The van der Waals surface area contributed by atoms with Crippen LogP contribution in [0.25, 0.3) is 10.8 Å². The Labute approximate surface area is 176 Å². The van der Waals surface area contributed by atoms with Crippen molar-refractivity contribution in [2.75, 3.05) is 37.8 Å². The quantitative estimate of drug-likeness (QED) is 0.740. The molecule has 0 amide bonds. The molecule has 158 valence electrons. The molecule has 0 radical (unpaired) electrons. The minimum atomic E-state index is -1.62. The Hall–Kier alpha value is -2.67. The van der Waals surface area contributed by atoms with E-state index in [9.17, 15) is 15.0 Å². The van der Waals surface area contributed by atoms with Crippen LogP contribution in [0.3, 0.4) is 0 Å². The van der Waals surface area contributed by atoms with E-state index < -0.39 is 11.7 Å². The van der Waals surface area contributed by atoms with Gasteiger partial charge in [0, 0.05) is 30.6 Å². The molecule has 0 unspecified atom stereocenters. The number of hydrogen-bond acceptors (Lipinski definition) is 6. The van der Waals surface area contributed by atoms with Gasteiger partial charge in [-0.15, -0.1) is 0 Å². The molecule has 0 bridgehead atoms. The summed E-state index contributed by atoms with van der Waals surface area (Å²) in [6, 6.07) is 11.8. The maximum atomic E-state index is 11.6. The Morgan fingerprint density at radius 3 is 2.67 bits per heavy atom. The van der Waals surface area contributed by atoms with Crippen molar-refractivity contribution in [2.24, 2.45) is 0 Å².